The lowest BCUT2D eigenvalue weighted by Crippen LogP contribution is -2.19. The van der Waals surface area contributed by atoms with Gasteiger partial charge in [-0.05, 0) is 40.8 Å². The van der Waals surface area contributed by atoms with Crippen molar-refractivity contribution in [1.29, 1.82) is 0 Å². The van der Waals surface area contributed by atoms with Crippen molar-refractivity contribution in [2.24, 2.45) is 0 Å². The molecule has 1 rings (SSSR count). The number of alkyl halides is 4. The highest BCUT2D eigenvalue weighted by atomic mass is 127. The zero-order valence-electron chi connectivity index (χ0n) is 8.35. The van der Waals surface area contributed by atoms with Crippen molar-refractivity contribution in [2.75, 3.05) is 5.33 Å². The molecule has 94 valence electrons. The van der Waals surface area contributed by atoms with E-state index >= 15 is 0 Å². The molecule has 0 spiro atoms. The van der Waals surface area contributed by atoms with Crippen LogP contribution in [0.5, 0.6) is 5.75 Å². The Morgan fingerprint density at radius 3 is 2.59 bits per heavy atom. The van der Waals surface area contributed by atoms with Crippen LogP contribution in [0.4, 0.5) is 13.2 Å². The van der Waals surface area contributed by atoms with E-state index in [2.05, 4.69) is 20.7 Å². The monoisotopic (exact) mass is 422 g/mol. The van der Waals surface area contributed by atoms with Gasteiger partial charge in [-0.2, -0.15) is 0 Å². The number of carbonyl (C=O) groups excluding carboxylic acids is 1. The number of Topliss-reactive ketones (excluding diaryl/α,β-unsaturated/α-hetero) is 1. The van der Waals surface area contributed by atoms with Gasteiger partial charge in [0.25, 0.3) is 0 Å². The molecule has 17 heavy (non-hydrogen) atoms. The maximum atomic E-state index is 12.1. The van der Waals surface area contributed by atoms with Gasteiger partial charge in [0.2, 0.25) is 0 Å². The van der Waals surface area contributed by atoms with Crippen molar-refractivity contribution < 1.29 is 22.7 Å². The second-order valence-electron chi connectivity index (χ2n) is 3.15. The fourth-order valence-corrected chi connectivity index (χ4v) is 1.92. The molecule has 0 radical (unpaired) electrons. The Morgan fingerprint density at radius 1 is 1.41 bits per heavy atom. The van der Waals surface area contributed by atoms with E-state index in [-0.39, 0.29) is 28.8 Å². The van der Waals surface area contributed by atoms with Crippen molar-refractivity contribution in [3.63, 3.8) is 0 Å². The largest absolute Gasteiger partial charge is 0.573 e. The van der Waals surface area contributed by atoms with Crippen LogP contribution in [0, 0.1) is 3.57 Å². The zero-order valence-corrected chi connectivity index (χ0v) is 12.1. The third kappa shape index (κ3) is 5.24. The van der Waals surface area contributed by atoms with Gasteiger partial charge in [-0.3, -0.25) is 4.79 Å². The average Bonchev–Trinajstić information content (AvgIpc) is 2.20. The Morgan fingerprint density at radius 2 is 2.06 bits per heavy atom. The normalized spacial score (nSPS) is 11.4. The molecule has 0 bridgehead atoms. The van der Waals surface area contributed by atoms with Gasteiger partial charge in [0.15, 0.2) is 0 Å². The van der Waals surface area contributed by atoms with Crippen LogP contribution in [0.2, 0.25) is 0 Å². The van der Waals surface area contributed by atoms with E-state index in [1.165, 1.54) is 18.2 Å². The van der Waals surface area contributed by atoms with Gasteiger partial charge in [-0.15, -0.1) is 13.2 Å². The van der Waals surface area contributed by atoms with Crippen LogP contribution in [0.3, 0.4) is 0 Å². The Kier molecular flexibility index (Phi) is 5.23. The molecule has 0 fully saturated rings. The van der Waals surface area contributed by atoms with Crippen molar-refractivity contribution in [2.45, 2.75) is 12.8 Å². The van der Waals surface area contributed by atoms with Crippen LogP contribution in [0.1, 0.15) is 5.56 Å². The maximum Gasteiger partial charge on any atom is 0.573 e. The zero-order chi connectivity index (χ0) is 13.1. The number of benzene rings is 1. The molecule has 0 N–H and O–H groups in total. The maximum absolute atomic E-state index is 12.1. The van der Waals surface area contributed by atoms with E-state index in [0.29, 0.717) is 0 Å². The van der Waals surface area contributed by atoms with Crippen LogP contribution < -0.4 is 4.74 Å². The minimum absolute atomic E-state index is 0.0898. The minimum Gasteiger partial charge on any atom is -0.405 e. The number of hydrogen-bond acceptors (Lipinski definition) is 2. The van der Waals surface area contributed by atoms with Crippen LogP contribution in [-0.2, 0) is 11.2 Å². The smallest absolute Gasteiger partial charge is 0.405 e. The van der Waals surface area contributed by atoms with E-state index in [4.69, 9.17) is 0 Å². The molecule has 1 aromatic carbocycles. The van der Waals surface area contributed by atoms with E-state index in [1.807, 2.05) is 22.6 Å². The van der Waals surface area contributed by atoms with E-state index in [0.717, 1.165) is 3.57 Å². The Balaban J connectivity index is 2.99. The third-order valence-electron chi connectivity index (χ3n) is 1.78. The van der Waals surface area contributed by atoms with Crippen molar-refractivity contribution in [3.8, 4) is 5.75 Å². The molecule has 0 aliphatic carbocycles. The average molecular weight is 423 g/mol. The summed E-state index contributed by atoms with van der Waals surface area (Å²) in [5.41, 5.74) is 0.235. The summed E-state index contributed by atoms with van der Waals surface area (Å²) in [6, 6.07) is 4.21. The fourth-order valence-electron chi connectivity index (χ4n) is 1.17. The molecular weight excluding hydrogens is 416 g/mol. The van der Waals surface area contributed by atoms with Crippen LogP contribution in [0.15, 0.2) is 18.2 Å². The predicted molar refractivity (Wildman–Crippen MR) is 68.3 cm³/mol. The molecule has 0 aromatic heterocycles. The highest BCUT2D eigenvalue weighted by molar-refractivity contribution is 14.1. The van der Waals surface area contributed by atoms with Crippen LogP contribution in [0.25, 0.3) is 0 Å². The first-order valence-corrected chi connectivity index (χ1v) is 6.63. The summed E-state index contributed by atoms with van der Waals surface area (Å²) in [6.07, 6.45) is -4.84. The fraction of sp³-hybridized carbons (Fsp3) is 0.300. The molecular formula is C10H7BrF3IO2. The lowest BCUT2D eigenvalue weighted by molar-refractivity contribution is -0.274. The molecule has 0 saturated heterocycles. The van der Waals surface area contributed by atoms with E-state index in [1.54, 1.807) is 0 Å². The summed E-state index contributed by atoms with van der Waals surface area (Å²) in [5.74, 6) is -0.536. The highest BCUT2D eigenvalue weighted by Crippen LogP contribution is 2.28. The molecule has 0 amide bonds. The Hall–Kier alpha value is -0.310. The van der Waals surface area contributed by atoms with Gasteiger partial charge in [0.05, 0.1) is 5.33 Å². The first kappa shape index (κ1) is 14.7. The van der Waals surface area contributed by atoms with Crippen LogP contribution in [-0.4, -0.2) is 17.5 Å². The van der Waals surface area contributed by atoms with Gasteiger partial charge >= 0.3 is 6.36 Å². The molecule has 0 atom stereocenters. The summed E-state index contributed by atoms with van der Waals surface area (Å²) in [5, 5.41) is 0.101. The van der Waals surface area contributed by atoms with Crippen molar-refractivity contribution in [3.05, 3.63) is 27.3 Å². The summed E-state index contributed by atoms with van der Waals surface area (Å²) in [6.45, 7) is 0. The number of hydrogen-bond donors (Lipinski definition) is 0. The molecule has 1 aromatic rings. The molecule has 0 heterocycles. The molecule has 2 nitrogen and oxygen atoms in total. The number of halogens is 5. The first-order valence-electron chi connectivity index (χ1n) is 4.43. The van der Waals surface area contributed by atoms with E-state index < -0.39 is 6.36 Å². The standard InChI is InChI=1S/C10H7BrF3IO2/c11-5-8(16)4-6-3-7(15)1-2-9(6)17-10(12,13)14/h1-3H,4-5H2. The van der Waals surface area contributed by atoms with Gasteiger partial charge in [0.1, 0.15) is 11.5 Å². The molecule has 0 aliphatic rings. The lowest BCUT2D eigenvalue weighted by Gasteiger charge is -2.13. The minimum atomic E-state index is -4.75. The summed E-state index contributed by atoms with van der Waals surface area (Å²) >= 11 is 4.92. The van der Waals surface area contributed by atoms with Gasteiger partial charge < -0.3 is 4.74 Å². The lowest BCUT2D eigenvalue weighted by atomic mass is 10.1. The number of ether oxygens (including phenoxy) is 1. The molecule has 0 unspecified atom stereocenters. The molecule has 7 heteroatoms. The number of ketones is 1. The molecule has 0 aliphatic heterocycles. The quantitative estimate of drug-likeness (QED) is 0.546. The summed E-state index contributed by atoms with van der Waals surface area (Å²) < 4.78 is 41.0. The SMILES string of the molecule is O=C(CBr)Cc1cc(I)ccc1OC(F)(F)F. The highest BCUT2D eigenvalue weighted by Gasteiger charge is 2.32. The van der Waals surface area contributed by atoms with Gasteiger partial charge in [-0.1, -0.05) is 15.9 Å². The Labute approximate surface area is 118 Å². The summed E-state index contributed by atoms with van der Waals surface area (Å²) in [7, 11) is 0. The van der Waals surface area contributed by atoms with Crippen LogP contribution >= 0.6 is 38.5 Å². The van der Waals surface area contributed by atoms with Crippen molar-refractivity contribution >= 4 is 44.3 Å². The van der Waals surface area contributed by atoms with Crippen molar-refractivity contribution in [1.82, 2.24) is 0 Å². The first-order chi connectivity index (χ1) is 7.81. The third-order valence-corrected chi connectivity index (χ3v) is 3.08. The second-order valence-corrected chi connectivity index (χ2v) is 4.96. The number of carbonyl (C=O) groups is 1. The van der Waals surface area contributed by atoms with Gasteiger partial charge in [-0.25, -0.2) is 0 Å². The number of rotatable bonds is 4. The van der Waals surface area contributed by atoms with E-state index in [9.17, 15) is 18.0 Å². The topological polar surface area (TPSA) is 26.3 Å². The summed E-state index contributed by atoms with van der Waals surface area (Å²) in [4.78, 5) is 11.2. The Bertz CT molecular complexity index is 421. The second kappa shape index (κ2) is 6.03. The van der Waals surface area contributed by atoms with Gasteiger partial charge in [0, 0.05) is 15.6 Å². The molecule has 0 saturated carbocycles. The predicted octanol–water partition coefficient (Wildman–Crippen LogP) is 3.70.